The van der Waals surface area contributed by atoms with E-state index >= 15 is 0 Å². The highest BCUT2D eigenvalue weighted by molar-refractivity contribution is 6.44. The number of nitrogens with one attached hydrogen (secondary N) is 2. The molecule has 0 saturated carbocycles. The molecule has 0 aliphatic carbocycles. The third kappa shape index (κ3) is 5.44. The Labute approximate surface area is 134 Å². The molecule has 0 heterocycles. The Morgan fingerprint density at radius 1 is 1.29 bits per heavy atom. The van der Waals surface area contributed by atoms with Crippen LogP contribution in [0.1, 0.15) is 20.8 Å². The molecule has 3 amide bonds. The number of carbonyl (C=O) groups excluding carboxylic acids is 2. The Morgan fingerprint density at radius 3 is 2.52 bits per heavy atom. The number of hydrogen-bond donors (Lipinski definition) is 2. The van der Waals surface area contributed by atoms with Crippen molar-refractivity contribution in [1.82, 2.24) is 10.6 Å². The van der Waals surface area contributed by atoms with Gasteiger partial charge in [0.05, 0.1) is 15.7 Å². The van der Waals surface area contributed by atoms with E-state index in [1.54, 1.807) is 18.2 Å². The fourth-order valence-corrected chi connectivity index (χ4v) is 2.14. The average molecular weight is 332 g/mol. The van der Waals surface area contributed by atoms with Crippen LogP contribution in [0.15, 0.2) is 18.2 Å². The van der Waals surface area contributed by atoms with Crippen LogP contribution in [0.25, 0.3) is 0 Å². The van der Waals surface area contributed by atoms with Gasteiger partial charge < -0.3 is 15.5 Å². The van der Waals surface area contributed by atoms with Crippen molar-refractivity contribution >= 4 is 40.8 Å². The fraction of sp³-hybridized carbons (Fsp3) is 0.429. The number of hydrogen-bond acceptors (Lipinski definition) is 2. The van der Waals surface area contributed by atoms with E-state index in [-0.39, 0.29) is 18.0 Å². The van der Waals surface area contributed by atoms with Crippen LogP contribution in [0.5, 0.6) is 0 Å². The minimum absolute atomic E-state index is 0.0521. The molecule has 2 N–H and O–H groups in total. The molecule has 0 fully saturated rings. The van der Waals surface area contributed by atoms with Gasteiger partial charge in [0.1, 0.15) is 0 Å². The molecule has 0 spiro atoms. The lowest BCUT2D eigenvalue weighted by Crippen LogP contribution is -2.43. The number of urea groups is 1. The summed E-state index contributed by atoms with van der Waals surface area (Å²) in [5.74, 6) is -0.176. The summed E-state index contributed by atoms with van der Waals surface area (Å²) in [5.41, 5.74) is 0.530. The normalized spacial score (nSPS) is 10.4. The van der Waals surface area contributed by atoms with Gasteiger partial charge in [-0.3, -0.25) is 4.79 Å². The zero-order chi connectivity index (χ0) is 16.0. The van der Waals surface area contributed by atoms with Gasteiger partial charge in [-0.25, -0.2) is 4.79 Å². The van der Waals surface area contributed by atoms with Gasteiger partial charge in [-0.1, -0.05) is 29.3 Å². The molecule has 0 atom stereocenters. The molecule has 0 radical (unpaired) electrons. The first kappa shape index (κ1) is 17.6. The quantitative estimate of drug-likeness (QED) is 0.871. The van der Waals surface area contributed by atoms with Gasteiger partial charge in [-0.2, -0.15) is 0 Å². The van der Waals surface area contributed by atoms with E-state index in [1.165, 1.54) is 11.8 Å². The van der Waals surface area contributed by atoms with E-state index in [4.69, 9.17) is 23.2 Å². The molecule has 21 heavy (non-hydrogen) atoms. The molecular formula is C14H19Cl2N3O2. The van der Waals surface area contributed by atoms with Crippen LogP contribution in [-0.2, 0) is 4.79 Å². The molecule has 0 saturated heterocycles. The number of benzene rings is 1. The van der Waals surface area contributed by atoms with Crippen LogP contribution < -0.4 is 15.5 Å². The van der Waals surface area contributed by atoms with E-state index in [2.05, 4.69) is 10.6 Å². The van der Waals surface area contributed by atoms with Crippen molar-refractivity contribution in [1.29, 1.82) is 0 Å². The van der Waals surface area contributed by atoms with Crippen LogP contribution in [0.3, 0.4) is 0 Å². The van der Waals surface area contributed by atoms with Crippen molar-refractivity contribution in [2.24, 2.45) is 0 Å². The van der Waals surface area contributed by atoms with Gasteiger partial charge >= 0.3 is 6.03 Å². The maximum atomic E-state index is 11.8. The summed E-state index contributed by atoms with van der Waals surface area (Å²) in [5, 5.41) is 6.09. The van der Waals surface area contributed by atoms with Gasteiger partial charge in [-0.05, 0) is 26.0 Å². The Bertz CT molecular complexity index is 521. The minimum Gasteiger partial charge on any atom is -0.336 e. The van der Waals surface area contributed by atoms with E-state index < -0.39 is 0 Å². The second-order valence-electron chi connectivity index (χ2n) is 4.80. The molecule has 0 bridgehead atoms. The Kier molecular flexibility index (Phi) is 6.78. The first-order chi connectivity index (χ1) is 9.82. The van der Waals surface area contributed by atoms with Crippen LogP contribution >= 0.6 is 23.2 Å². The molecule has 1 rings (SSSR count). The van der Waals surface area contributed by atoms with Crippen molar-refractivity contribution in [3.8, 4) is 0 Å². The number of rotatable bonds is 5. The van der Waals surface area contributed by atoms with Gasteiger partial charge in [0.15, 0.2) is 0 Å². The summed E-state index contributed by atoms with van der Waals surface area (Å²) >= 11 is 12.1. The van der Waals surface area contributed by atoms with Crippen molar-refractivity contribution in [2.45, 2.75) is 26.8 Å². The standard InChI is InChI=1S/C14H19Cl2N3O2/c1-9(2)18-14(21)17-7-8-19(10(3)20)12-6-4-5-11(15)13(12)16/h4-6,9H,7-8H2,1-3H3,(H2,17,18,21). The van der Waals surface area contributed by atoms with Gasteiger partial charge in [0.25, 0.3) is 0 Å². The van der Waals surface area contributed by atoms with Gasteiger partial charge in [0, 0.05) is 26.1 Å². The highest BCUT2D eigenvalue weighted by Crippen LogP contribution is 2.32. The van der Waals surface area contributed by atoms with Crippen LogP contribution in [0.2, 0.25) is 10.0 Å². The Hall–Kier alpha value is -1.46. The largest absolute Gasteiger partial charge is 0.336 e. The lowest BCUT2D eigenvalue weighted by atomic mass is 10.2. The molecule has 0 aliphatic rings. The third-order valence-electron chi connectivity index (χ3n) is 2.64. The van der Waals surface area contributed by atoms with E-state index in [9.17, 15) is 9.59 Å². The highest BCUT2D eigenvalue weighted by atomic mass is 35.5. The van der Waals surface area contributed by atoms with Crippen molar-refractivity contribution < 1.29 is 9.59 Å². The molecule has 1 aromatic rings. The minimum atomic E-state index is -0.273. The van der Waals surface area contributed by atoms with Crippen molar-refractivity contribution in [3.05, 3.63) is 28.2 Å². The molecule has 0 aliphatic heterocycles. The molecule has 1 aromatic carbocycles. The van der Waals surface area contributed by atoms with E-state index in [0.717, 1.165) is 0 Å². The van der Waals surface area contributed by atoms with E-state index in [1.807, 2.05) is 13.8 Å². The summed E-state index contributed by atoms with van der Waals surface area (Å²) in [6.07, 6.45) is 0. The second kappa shape index (κ2) is 8.10. The average Bonchev–Trinajstić information content (AvgIpc) is 2.37. The lowest BCUT2D eigenvalue weighted by molar-refractivity contribution is -0.116. The summed E-state index contributed by atoms with van der Waals surface area (Å²) in [6.45, 7) is 5.79. The van der Waals surface area contributed by atoms with E-state index in [0.29, 0.717) is 28.8 Å². The van der Waals surface area contributed by atoms with Crippen molar-refractivity contribution in [3.63, 3.8) is 0 Å². The maximum Gasteiger partial charge on any atom is 0.315 e. The monoisotopic (exact) mass is 331 g/mol. The van der Waals surface area contributed by atoms with Crippen LogP contribution in [0.4, 0.5) is 10.5 Å². The molecular weight excluding hydrogens is 313 g/mol. The number of amides is 3. The summed E-state index contributed by atoms with van der Waals surface area (Å²) in [4.78, 5) is 24.7. The van der Waals surface area contributed by atoms with Crippen LogP contribution in [-0.4, -0.2) is 31.1 Å². The molecule has 0 unspecified atom stereocenters. The maximum absolute atomic E-state index is 11.8. The predicted molar refractivity (Wildman–Crippen MR) is 86.2 cm³/mol. The number of carbonyl (C=O) groups is 2. The predicted octanol–water partition coefficient (Wildman–Crippen LogP) is 3.05. The first-order valence-corrected chi connectivity index (χ1v) is 7.35. The first-order valence-electron chi connectivity index (χ1n) is 6.59. The SMILES string of the molecule is CC(=O)N(CCNC(=O)NC(C)C)c1cccc(Cl)c1Cl. The summed E-state index contributed by atoms with van der Waals surface area (Å²) < 4.78 is 0. The highest BCUT2D eigenvalue weighted by Gasteiger charge is 2.16. The number of halogens is 2. The van der Waals surface area contributed by atoms with Crippen LogP contribution in [0, 0.1) is 0 Å². The van der Waals surface area contributed by atoms with Gasteiger partial charge in [0.2, 0.25) is 5.91 Å². The smallest absolute Gasteiger partial charge is 0.315 e. The third-order valence-corrected chi connectivity index (χ3v) is 3.45. The Balaban J connectivity index is 2.69. The molecule has 116 valence electrons. The summed E-state index contributed by atoms with van der Waals surface area (Å²) in [6, 6.07) is 4.87. The van der Waals surface area contributed by atoms with Gasteiger partial charge in [-0.15, -0.1) is 0 Å². The second-order valence-corrected chi connectivity index (χ2v) is 5.58. The zero-order valence-corrected chi connectivity index (χ0v) is 13.8. The molecule has 5 nitrogen and oxygen atoms in total. The number of anilines is 1. The lowest BCUT2D eigenvalue weighted by Gasteiger charge is -2.23. The summed E-state index contributed by atoms with van der Waals surface area (Å²) in [7, 11) is 0. The molecule has 0 aromatic heterocycles. The number of nitrogens with zero attached hydrogens (tertiary/aromatic N) is 1. The molecule has 7 heteroatoms. The Morgan fingerprint density at radius 2 is 1.95 bits per heavy atom. The zero-order valence-electron chi connectivity index (χ0n) is 12.2. The van der Waals surface area contributed by atoms with Crippen molar-refractivity contribution in [2.75, 3.05) is 18.0 Å². The topological polar surface area (TPSA) is 61.4 Å². The fourth-order valence-electron chi connectivity index (χ4n) is 1.74.